The summed E-state index contributed by atoms with van der Waals surface area (Å²) < 4.78 is 74.4. The minimum absolute atomic E-state index is 0.0745. The fourth-order valence-corrected chi connectivity index (χ4v) is 4.10. The molecule has 1 saturated heterocycles. The molecule has 22 heavy (non-hydrogen) atoms. The molecule has 0 aliphatic carbocycles. The lowest BCUT2D eigenvalue weighted by Gasteiger charge is -2.32. The van der Waals surface area contributed by atoms with Crippen LogP contribution in [0.2, 0.25) is 0 Å². The summed E-state index contributed by atoms with van der Waals surface area (Å²) in [6.07, 6.45) is -5.12. The van der Waals surface area contributed by atoms with Crippen LogP contribution >= 0.6 is 0 Å². The molecule has 0 N–H and O–H groups in total. The van der Waals surface area contributed by atoms with Crippen molar-refractivity contribution in [2.45, 2.75) is 29.2 Å². The first-order valence-electron chi connectivity index (χ1n) is 6.48. The van der Waals surface area contributed by atoms with E-state index in [1.165, 1.54) is 0 Å². The highest BCUT2D eigenvalue weighted by Gasteiger charge is 2.44. The monoisotopic (exact) mass is 339 g/mol. The van der Waals surface area contributed by atoms with Crippen LogP contribution < -0.4 is 0 Å². The summed E-state index contributed by atoms with van der Waals surface area (Å²) in [6.45, 7) is -0.549. The number of rotatable bonds is 2. The molecule has 2 rings (SSSR count). The third-order valence-corrected chi connectivity index (χ3v) is 5.83. The highest BCUT2D eigenvalue weighted by atomic mass is 32.2. The molecular formula is C13H13F4NO3S. The zero-order valence-corrected chi connectivity index (χ0v) is 12.1. The smallest absolute Gasteiger partial charge is 0.335 e. The van der Waals surface area contributed by atoms with Crippen molar-refractivity contribution < 1.29 is 30.8 Å². The van der Waals surface area contributed by atoms with E-state index in [0.717, 1.165) is 24.3 Å². The Hall–Kier alpha value is -1.64. The van der Waals surface area contributed by atoms with Gasteiger partial charge in [-0.2, -0.15) is 13.2 Å². The number of piperidine rings is 1. The van der Waals surface area contributed by atoms with E-state index in [1.54, 1.807) is 0 Å². The van der Waals surface area contributed by atoms with Crippen LogP contribution in [0.25, 0.3) is 0 Å². The van der Waals surface area contributed by atoms with Gasteiger partial charge in [-0.15, -0.1) is 0 Å². The van der Waals surface area contributed by atoms with Crippen LogP contribution in [0.4, 0.5) is 17.6 Å². The van der Waals surface area contributed by atoms with E-state index in [0.29, 0.717) is 4.90 Å². The second kappa shape index (κ2) is 5.86. The summed E-state index contributed by atoms with van der Waals surface area (Å²) in [5, 5.41) is -0.879. The Morgan fingerprint density at radius 3 is 2.05 bits per heavy atom. The van der Waals surface area contributed by atoms with Crippen molar-refractivity contribution in [1.29, 1.82) is 0 Å². The van der Waals surface area contributed by atoms with Gasteiger partial charge in [-0.25, -0.2) is 12.8 Å². The lowest BCUT2D eigenvalue weighted by molar-refractivity contribution is -0.186. The van der Waals surface area contributed by atoms with Crippen molar-refractivity contribution in [3.63, 3.8) is 0 Å². The van der Waals surface area contributed by atoms with Gasteiger partial charge < -0.3 is 4.90 Å². The lowest BCUT2D eigenvalue weighted by atomic mass is 10.1. The van der Waals surface area contributed by atoms with Gasteiger partial charge in [-0.3, -0.25) is 4.79 Å². The second-order valence-corrected chi connectivity index (χ2v) is 7.22. The molecule has 0 radical (unpaired) electrons. The van der Waals surface area contributed by atoms with Gasteiger partial charge in [0.25, 0.3) is 0 Å². The number of carbonyl (C=O) groups excluding carboxylic acids is 1. The number of sulfone groups is 1. The number of likely N-dealkylation sites (tertiary alicyclic amines) is 1. The highest BCUT2D eigenvalue weighted by Crippen LogP contribution is 2.27. The molecule has 0 saturated carbocycles. The van der Waals surface area contributed by atoms with Crippen LogP contribution in [0.15, 0.2) is 29.2 Å². The zero-order chi connectivity index (χ0) is 16.5. The maximum absolute atomic E-state index is 12.8. The maximum Gasteiger partial charge on any atom is 0.471 e. The molecule has 4 nitrogen and oxygen atoms in total. The molecule has 1 aliphatic heterocycles. The predicted octanol–water partition coefficient (Wildman–Crippen LogP) is 2.15. The normalized spacial score (nSPS) is 17.5. The van der Waals surface area contributed by atoms with Gasteiger partial charge in [-0.05, 0) is 37.1 Å². The highest BCUT2D eigenvalue weighted by molar-refractivity contribution is 7.92. The first-order valence-corrected chi connectivity index (χ1v) is 8.02. The number of carbonyl (C=O) groups is 1. The number of halogens is 4. The van der Waals surface area contributed by atoms with E-state index < -0.39 is 33.0 Å². The summed E-state index contributed by atoms with van der Waals surface area (Å²) in [4.78, 5) is 11.6. The van der Waals surface area contributed by atoms with Gasteiger partial charge in [0.05, 0.1) is 10.1 Å². The third kappa shape index (κ3) is 3.40. The van der Waals surface area contributed by atoms with Crippen molar-refractivity contribution >= 4 is 15.7 Å². The molecule has 0 unspecified atom stereocenters. The van der Waals surface area contributed by atoms with Crippen LogP contribution in [0, 0.1) is 5.82 Å². The van der Waals surface area contributed by atoms with Gasteiger partial charge in [0.2, 0.25) is 0 Å². The van der Waals surface area contributed by atoms with Crippen molar-refractivity contribution in [3.05, 3.63) is 30.1 Å². The average Bonchev–Trinajstić information content (AvgIpc) is 2.46. The average molecular weight is 339 g/mol. The van der Waals surface area contributed by atoms with E-state index >= 15 is 0 Å². The molecule has 122 valence electrons. The number of benzene rings is 1. The van der Waals surface area contributed by atoms with Gasteiger partial charge in [-0.1, -0.05) is 0 Å². The summed E-state index contributed by atoms with van der Waals surface area (Å²) in [6, 6.07) is 4.26. The fraction of sp³-hybridized carbons (Fsp3) is 0.462. The quantitative estimate of drug-likeness (QED) is 0.613. The van der Waals surface area contributed by atoms with E-state index in [1.807, 2.05) is 0 Å². The summed E-state index contributed by atoms with van der Waals surface area (Å²) in [5.74, 6) is -2.53. The largest absolute Gasteiger partial charge is 0.471 e. The Kier molecular flexibility index (Phi) is 4.46. The van der Waals surface area contributed by atoms with E-state index in [4.69, 9.17) is 0 Å². The predicted molar refractivity (Wildman–Crippen MR) is 69.2 cm³/mol. The number of amides is 1. The lowest BCUT2D eigenvalue weighted by Crippen LogP contribution is -2.47. The molecule has 9 heteroatoms. The van der Waals surface area contributed by atoms with E-state index in [2.05, 4.69) is 0 Å². The van der Waals surface area contributed by atoms with E-state index in [-0.39, 0.29) is 30.8 Å². The molecule has 0 aromatic heterocycles. The molecule has 1 fully saturated rings. The van der Waals surface area contributed by atoms with Crippen LogP contribution in [0.1, 0.15) is 12.8 Å². The minimum Gasteiger partial charge on any atom is -0.335 e. The molecule has 1 aromatic carbocycles. The number of alkyl halides is 3. The van der Waals surface area contributed by atoms with Crippen LogP contribution in [-0.4, -0.2) is 43.7 Å². The Labute approximate surface area is 124 Å². The van der Waals surface area contributed by atoms with Crippen molar-refractivity contribution in [2.75, 3.05) is 13.1 Å². The van der Waals surface area contributed by atoms with Crippen molar-refractivity contribution in [1.82, 2.24) is 4.90 Å². The first kappa shape index (κ1) is 16.7. The van der Waals surface area contributed by atoms with Crippen molar-refractivity contribution in [3.8, 4) is 0 Å². The number of hydrogen-bond acceptors (Lipinski definition) is 3. The third-order valence-electron chi connectivity index (χ3n) is 3.55. The first-order chi connectivity index (χ1) is 10.1. The zero-order valence-electron chi connectivity index (χ0n) is 11.3. The fourth-order valence-electron chi connectivity index (χ4n) is 2.37. The molecule has 1 aliphatic rings. The number of nitrogens with zero attached hydrogens (tertiary/aromatic N) is 1. The Morgan fingerprint density at radius 2 is 1.59 bits per heavy atom. The summed E-state index contributed by atoms with van der Waals surface area (Å²) in [5.41, 5.74) is 0. The van der Waals surface area contributed by atoms with Gasteiger partial charge in [0, 0.05) is 13.1 Å². The molecule has 0 bridgehead atoms. The van der Waals surface area contributed by atoms with Gasteiger partial charge in [0.1, 0.15) is 5.82 Å². The van der Waals surface area contributed by atoms with Crippen LogP contribution in [0.3, 0.4) is 0 Å². The Bertz CT molecular complexity index is 647. The maximum atomic E-state index is 12.8. The SMILES string of the molecule is O=C(N1CCC(S(=O)(=O)c2ccc(F)cc2)CC1)C(F)(F)F. The number of hydrogen-bond donors (Lipinski definition) is 0. The van der Waals surface area contributed by atoms with Gasteiger partial charge in [0.15, 0.2) is 9.84 Å². The van der Waals surface area contributed by atoms with Crippen LogP contribution in [-0.2, 0) is 14.6 Å². The molecule has 0 atom stereocenters. The molecule has 1 amide bonds. The standard InChI is InChI=1S/C13H13F4NO3S/c14-9-1-3-10(4-2-9)22(20,21)11-5-7-18(8-6-11)12(19)13(15,16)17/h1-4,11H,5-8H2. The summed E-state index contributed by atoms with van der Waals surface area (Å²) >= 11 is 0. The minimum atomic E-state index is -4.96. The molecule has 1 heterocycles. The van der Waals surface area contributed by atoms with Crippen LogP contribution in [0.5, 0.6) is 0 Å². The van der Waals surface area contributed by atoms with Crippen molar-refractivity contribution in [2.24, 2.45) is 0 Å². The molecule has 1 aromatic rings. The topological polar surface area (TPSA) is 54.5 Å². The Morgan fingerprint density at radius 1 is 1.09 bits per heavy atom. The molecule has 0 spiro atoms. The second-order valence-electron chi connectivity index (χ2n) is 4.99. The van der Waals surface area contributed by atoms with Gasteiger partial charge >= 0.3 is 12.1 Å². The summed E-state index contributed by atoms with van der Waals surface area (Å²) in [7, 11) is -3.75. The van der Waals surface area contributed by atoms with E-state index in [9.17, 15) is 30.8 Å². The molecular weight excluding hydrogens is 326 g/mol. The Balaban J connectivity index is 2.08.